The fourth-order valence-corrected chi connectivity index (χ4v) is 2.18. The zero-order chi connectivity index (χ0) is 12.9. The van der Waals surface area contributed by atoms with Gasteiger partial charge in [-0.3, -0.25) is 0 Å². The molecule has 7 nitrogen and oxygen atoms in total. The molecule has 0 saturated heterocycles. The van der Waals surface area contributed by atoms with E-state index in [1.54, 1.807) is 0 Å². The average Bonchev–Trinajstić information content (AvgIpc) is 2.74. The fourth-order valence-electron chi connectivity index (χ4n) is 1.11. The van der Waals surface area contributed by atoms with Gasteiger partial charge in [0.05, 0.1) is 6.07 Å². The van der Waals surface area contributed by atoms with E-state index >= 15 is 0 Å². The first-order valence-corrected chi connectivity index (χ1v) is 6.24. The third-order valence-electron chi connectivity index (χ3n) is 1.95. The van der Waals surface area contributed by atoms with E-state index in [0.29, 0.717) is 6.42 Å². The maximum Gasteiger partial charge on any atom is 0.352 e. The van der Waals surface area contributed by atoms with Crippen LogP contribution < -0.4 is 4.72 Å². The molecule has 0 aliphatic rings. The summed E-state index contributed by atoms with van der Waals surface area (Å²) in [5.41, 5.74) is -0.192. The van der Waals surface area contributed by atoms with E-state index in [-0.39, 0.29) is 23.6 Å². The van der Waals surface area contributed by atoms with E-state index in [1.807, 2.05) is 6.07 Å². The van der Waals surface area contributed by atoms with Crippen LogP contribution in [0.3, 0.4) is 0 Å². The van der Waals surface area contributed by atoms with E-state index in [2.05, 4.69) is 9.71 Å². The molecule has 0 spiro atoms. The molecule has 0 fully saturated rings. The lowest BCUT2D eigenvalue weighted by molar-refractivity contribution is 0.0691. The highest BCUT2D eigenvalue weighted by atomic mass is 32.2. The Hall–Kier alpha value is -1.85. The van der Waals surface area contributed by atoms with Crippen molar-refractivity contribution < 1.29 is 18.3 Å². The lowest BCUT2D eigenvalue weighted by Crippen LogP contribution is -2.24. The van der Waals surface area contributed by atoms with Crippen LogP contribution in [0.2, 0.25) is 0 Å². The minimum Gasteiger partial charge on any atom is -0.477 e. The lowest BCUT2D eigenvalue weighted by Gasteiger charge is -2.02. The predicted octanol–water partition coefficient (Wildman–Crippen LogP) is 0.295. The molecular weight excluding hydrogens is 246 g/mol. The number of nitrogens with one attached hydrogen (secondary N) is 2. The van der Waals surface area contributed by atoms with Gasteiger partial charge in [0, 0.05) is 19.2 Å². The van der Waals surface area contributed by atoms with Crippen molar-refractivity contribution in [2.75, 3.05) is 6.54 Å². The van der Waals surface area contributed by atoms with Crippen molar-refractivity contribution in [3.63, 3.8) is 0 Å². The summed E-state index contributed by atoms with van der Waals surface area (Å²) in [5.74, 6) is -1.23. The second-order valence-electron chi connectivity index (χ2n) is 3.21. The van der Waals surface area contributed by atoms with Gasteiger partial charge in [-0.25, -0.2) is 17.9 Å². The van der Waals surface area contributed by atoms with Gasteiger partial charge in [0.2, 0.25) is 10.0 Å². The zero-order valence-corrected chi connectivity index (χ0v) is 9.62. The summed E-state index contributed by atoms with van der Waals surface area (Å²) in [4.78, 5) is 12.8. The molecule has 0 amide bonds. The summed E-state index contributed by atoms with van der Waals surface area (Å²) >= 11 is 0. The van der Waals surface area contributed by atoms with Crippen molar-refractivity contribution in [1.29, 1.82) is 5.26 Å². The second-order valence-corrected chi connectivity index (χ2v) is 4.98. The molecule has 0 aromatic carbocycles. The van der Waals surface area contributed by atoms with E-state index in [0.717, 1.165) is 12.3 Å². The number of hydrogen-bond acceptors (Lipinski definition) is 4. The number of sulfonamides is 1. The number of hydrogen-bond donors (Lipinski definition) is 3. The molecule has 1 heterocycles. The average molecular weight is 257 g/mol. The Labute approximate surface area is 98.1 Å². The highest BCUT2D eigenvalue weighted by molar-refractivity contribution is 7.89. The van der Waals surface area contributed by atoms with Crippen molar-refractivity contribution in [3.8, 4) is 6.07 Å². The summed E-state index contributed by atoms with van der Waals surface area (Å²) < 4.78 is 25.5. The minimum atomic E-state index is -3.71. The third-order valence-corrected chi connectivity index (χ3v) is 3.40. The number of aromatic amines is 1. The molecule has 8 heteroatoms. The second kappa shape index (κ2) is 5.47. The van der Waals surface area contributed by atoms with Gasteiger partial charge in [-0.2, -0.15) is 5.26 Å². The summed E-state index contributed by atoms with van der Waals surface area (Å²) in [5, 5.41) is 16.9. The van der Waals surface area contributed by atoms with Crippen LogP contribution in [0.25, 0.3) is 0 Å². The number of rotatable bonds is 6. The molecule has 0 aliphatic carbocycles. The number of carboxylic acid groups (broad SMARTS) is 1. The molecule has 0 radical (unpaired) electrons. The highest BCUT2D eigenvalue weighted by Gasteiger charge is 2.17. The Kier molecular flexibility index (Phi) is 4.25. The molecule has 0 saturated carbocycles. The summed E-state index contributed by atoms with van der Waals surface area (Å²) in [6, 6.07) is 2.93. The number of aromatic carboxylic acids is 1. The fraction of sp³-hybridized carbons (Fsp3) is 0.333. The van der Waals surface area contributed by atoms with Gasteiger partial charge in [0.15, 0.2) is 0 Å². The molecule has 92 valence electrons. The van der Waals surface area contributed by atoms with Crippen LogP contribution in [0, 0.1) is 11.3 Å². The van der Waals surface area contributed by atoms with Gasteiger partial charge in [-0.05, 0) is 12.5 Å². The molecular formula is C9H11N3O4S. The molecule has 0 atom stereocenters. The zero-order valence-electron chi connectivity index (χ0n) is 8.80. The normalized spacial score (nSPS) is 11.0. The smallest absolute Gasteiger partial charge is 0.352 e. The number of nitriles is 1. The summed E-state index contributed by atoms with van der Waals surface area (Å²) in [6.45, 7) is 0.142. The first-order chi connectivity index (χ1) is 7.97. The third kappa shape index (κ3) is 3.58. The molecule has 0 unspecified atom stereocenters. The van der Waals surface area contributed by atoms with Crippen LogP contribution in [0.15, 0.2) is 17.2 Å². The lowest BCUT2D eigenvalue weighted by atomic mass is 10.3. The van der Waals surface area contributed by atoms with E-state index in [9.17, 15) is 13.2 Å². The van der Waals surface area contributed by atoms with Crippen LogP contribution in [0.5, 0.6) is 0 Å². The highest BCUT2D eigenvalue weighted by Crippen LogP contribution is 2.10. The maximum atomic E-state index is 11.6. The topological polar surface area (TPSA) is 123 Å². The van der Waals surface area contributed by atoms with Crippen molar-refractivity contribution in [2.24, 2.45) is 0 Å². The molecule has 1 rings (SSSR count). The van der Waals surface area contributed by atoms with Crippen molar-refractivity contribution in [1.82, 2.24) is 9.71 Å². The Balaban J connectivity index is 2.69. The SMILES string of the molecule is N#CCCCNS(=O)(=O)c1c[nH]c(C(=O)O)c1. The van der Waals surface area contributed by atoms with Gasteiger partial charge in [0.1, 0.15) is 10.6 Å². The minimum absolute atomic E-state index is 0.133. The number of H-pyrrole nitrogens is 1. The quantitative estimate of drug-likeness (QED) is 0.632. The Morgan fingerprint density at radius 2 is 2.29 bits per heavy atom. The molecule has 0 aliphatic heterocycles. The number of aromatic nitrogens is 1. The van der Waals surface area contributed by atoms with Gasteiger partial charge in [-0.1, -0.05) is 0 Å². The van der Waals surface area contributed by atoms with Gasteiger partial charge < -0.3 is 10.1 Å². The van der Waals surface area contributed by atoms with Gasteiger partial charge in [-0.15, -0.1) is 0 Å². The molecule has 1 aromatic rings. The van der Waals surface area contributed by atoms with Crippen LogP contribution >= 0.6 is 0 Å². The molecule has 0 bridgehead atoms. The van der Waals surface area contributed by atoms with E-state index in [1.165, 1.54) is 0 Å². The van der Waals surface area contributed by atoms with Gasteiger partial charge >= 0.3 is 5.97 Å². The van der Waals surface area contributed by atoms with Crippen LogP contribution in [0.4, 0.5) is 0 Å². The first kappa shape index (κ1) is 13.2. The first-order valence-electron chi connectivity index (χ1n) is 4.75. The standard InChI is InChI=1S/C9H11N3O4S/c10-3-1-2-4-12-17(15,16)7-5-8(9(13)14)11-6-7/h5-6,11-12H,1-2,4H2,(H,13,14). The maximum absolute atomic E-state index is 11.6. The van der Waals surface area contributed by atoms with E-state index < -0.39 is 16.0 Å². The Morgan fingerprint density at radius 1 is 1.59 bits per heavy atom. The number of carbonyl (C=O) groups is 1. The Morgan fingerprint density at radius 3 is 2.82 bits per heavy atom. The number of nitrogens with zero attached hydrogens (tertiary/aromatic N) is 1. The predicted molar refractivity (Wildman–Crippen MR) is 57.8 cm³/mol. The number of carboxylic acids is 1. The number of unbranched alkanes of at least 4 members (excludes halogenated alkanes) is 1. The molecule has 17 heavy (non-hydrogen) atoms. The van der Waals surface area contributed by atoms with Crippen LogP contribution in [-0.4, -0.2) is 31.0 Å². The van der Waals surface area contributed by atoms with Crippen LogP contribution in [-0.2, 0) is 10.0 Å². The van der Waals surface area contributed by atoms with Crippen molar-refractivity contribution >= 4 is 16.0 Å². The molecule has 1 aromatic heterocycles. The Bertz CT molecular complexity index is 541. The van der Waals surface area contributed by atoms with Crippen molar-refractivity contribution in [3.05, 3.63) is 18.0 Å². The van der Waals surface area contributed by atoms with Crippen LogP contribution in [0.1, 0.15) is 23.3 Å². The van der Waals surface area contributed by atoms with E-state index in [4.69, 9.17) is 10.4 Å². The van der Waals surface area contributed by atoms with Gasteiger partial charge in [0.25, 0.3) is 0 Å². The monoisotopic (exact) mass is 257 g/mol. The largest absolute Gasteiger partial charge is 0.477 e. The van der Waals surface area contributed by atoms with Crippen molar-refractivity contribution in [2.45, 2.75) is 17.7 Å². The molecule has 3 N–H and O–H groups in total. The summed E-state index contributed by atoms with van der Waals surface area (Å²) in [7, 11) is -3.71. The summed E-state index contributed by atoms with van der Waals surface area (Å²) in [6.07, 6.45) is 1.78.